The second-order valence-corrected chi connectivity index (χ2v) is 9.72. The second-order valence-electron chi connectivity index (χ2n) is 8.43. The van der Waals surface area contributed by atoms with E-state index >= 15 is 0 Å². The zero-order valence-electron chi connectivity index (χ0n) is 19.6. The molecule has 1 aromatic carbocycles. The molecule has 3 nitrogen and oxygen atoms in total. The minimum Gasteiger partial charge on any atom is -0.302 e. The van der Waals surface area contributed by atoms with E-state index in [0.29, 0.717) is 16.6 Å². The normalized spacial score (nSPS) is 11.3. The van der Waals surface area contributed by atoms with Gasteiger partial charge in [0.15, 0.2) is 5.13 Å². The summed E-state index contributed by atoms with van der Waals surface area (Å²) in [6.45, 7) is 2.27. The van der Waals surface area contributed by atoms with Gasteiger partial charge >= 0.3 is 0 Å². The van der Waals surface area contributed by atoms with Crippen LogP contribution < -0.4 is 5.32 Å². The summed E-state index contributed by atoms with van der Waals surface area (Å²) in [4.78, 5) is 16.7. The van der Waals surface area contributed by atoms with Crippen LogP contribution in [-0.4, -0.2) is 10.9 Å². The maximum Gasteiger partial charge on any atom is 0.226 e. The summed E-state index contributed by atoms with van der Waals surface area (Å²) < 4.78 is 0. The van der Waals surface area contributed by atoms with Crippen LogP contribution in [0.15, 0.2) is 41.8 Å². The molecule has 0 aliphatic carbocycles. The smallest absolute Gasteiger partial charge is 0.226 e. The molecule has 32 heavy (non-hydrogen) atoms. The van der Waals surface area contributed by atoms with E-state index < -0.39 is 0 Å². The monoisotopic (exact) mass is 474 g/mol. The molecule has 0 fully saturated rings. The minimum absolute atomic E-state index is 0.0552. The Labute approximate surface area is 203 Å². The molecule has 0 atom stereocenters. The lowest BCUT2D eigenvalue weighted by Crippen LogP contribution is -2.10. The number of aromatic nitrogens is 1. The van der Waals surface area contributed by atoms with E-state index in [2.05, 4.69) is 29.4 Å². The Morgan fingerprint density at radius 2 is 1.50 bits per heavy atom. The topological polar surface area (TPSA) is 42.0 Å². The number of hydrogen-bond donors (Lipinski definition) is 1. The maximum atomic E-state index is 12.2. The van der Waals surface area contributed by atoms with Crippen molar-refractivity contribution in [3.8, 4) is 11.3 Å². The van der Waals surface area contributed by atoms with Gasteiger partial charge < -0.3 is 5.32 Å². The number of anilines is 1. The quantitative estimate of drug-likeness (QED) is 0.183. The number of thiazole rings is 1. The molecule has 176 valence electrons. The predicted octanol–water partition coefficient (Wildman–Crippen LogP) is 9.44. The van der Waals surface area contributed by atoms with Gasteiger partial charge in [-0.2, -0.15) is 0 Å². The Morgan fingerprint density at radius 1 is 0.906 bits per heavy atom. The van der Waals surface area contributed by atoms with Crippen LogP contribution in [0.3, 0.4) is 0 Å². The summed E-state index contributed by atoms with van der Waals surface area (Å²) in [7, 11) is 0. The Morgan fingerprint density at radius 3 is 2.16 bits per heavy atom. The van der Waals surface area contributed by atoms with E-state index in [9.17, 15) is 4.79 Å². The van der Waals surface area contributed by atoms with E-state index in [4.69, 9.17) is 11.6 Å². The molecule has 0 saturated carbocycles. The molecule has 0 aliphatic heterocycles. The zero-order valence-corrected chi connectivity index (χ0v) is 21.2. The second kappa shape index (κ2) is 16.9. The fraction of sp³-hybridized carbons (Fsp3) is 0.556. The van der Waals surface area contributed by atoms with Crippen molar-refractivity contribution in [2.45, 2.75) is 96.8 Å². The van der Waals surface area contributed by atoms with Gasteiger partial charge in [-0.05, 0) is 44.2 Å². The average molecular weight is 475 g/mol. The molecule has 0 unspecified atom stereocenters. The standard InChI is InChI=1S/C27H39ClN2OS/c1-2-3-4-5-6-7-8-9-10-11-12-13-14-15-16-17-26(31)30-27-29-25(22-32-27)23-18-20-24(28)21-19-23/h9-10,18-22H,2-8,11-17H2,1H3,(H,29,30,31). The first-order chi connectivity index (χ1) is 15.7. The number of benzene rings is 1. The Balaban J connectivity index is 1.45. The Bertz CT molecular complexity index is 785. The molecule has 1 amide bonds. The summed E-state index contributed by atoms with van der Waals surface area (Å²) >= 11 is 7.39. The van der Waals surface area contributed by atoms with Crippen molar-refractivity contribution in [1.29, 1.82) is 0 Å². The largest absolute Gasteiger partial charge is 0.302 e. The van der Waals surface area contributed by atoms with Crippen LogP contribution in [0.5, 0.6) is 0 Å². The van der Waals surface area contributed by atoms with Crippen LogP contribution in [0, 0.1) is 0 Å². The van der Waals surface area contributed by atoms with E-state index in [1.807, 2.05) is 29.6 Å². The van der Waals surface area contributed by atoms with E-state index in [0.717, 1.165) is 24.1 Å². The van der Waals surface area contributed by atoms with E-state index in [1.54, 1.807) is 0 Å². The number of carbonyl (C=O) groups is 1. The molecule has 5 heteroatoms. The van der Waals surface area contributed by atoms with Gasteiger partial charge in [0.25, 0.3) is 0 Å². The molecule has 2 rings (SSSR count). The highest BCUT2D eigenvalue weighted by Crippen LogP contribution is 2.26. The molecule has 0 bridgehead atoms. The van der Waals surface area contributed by atoms with Crippen molar-refractivity contribution in [3.63, 3.8) is 0 Å². The molecule has 0 saturated heterocycles. The van der Waals surface area contributed by atoms with Crippen molar-refractivity contribution in [3.05, 3.63) is 46.8 Å². The Hall–Kier alpha value is -1.65. The fourth-order valence-electron chi connectivity index (χ4n) is 3.62. The minimum atomic E-state index is 0.0552. The van der Waals surface area contributed by atoms with Crippen molar-refractivity contribution in [2.24, 2.45) is 0 Å². The van der Waals surface area contributed by atoms with Gasteiger partial charge in [0.2, 0.25) is 5.91 Å². The molecule has 1 heterocycles. The van der Waals surface area contributed by atoms with Gasteiger partial charge in [0.05, 0.1) is 5.69 Å². The molecule has 0 aliphatic rings. The number of nitrogens with one attached hydrogen (secondary N) is 1. The van der Waals surface area contributed by atoms with Crippen molar-refractivity contribution in [1.82, 2.24) is 4.98 Å². The summed E-state index contributed by atoms with van der Waals surface area (Å²) in [6, 6.07) is 7.57. The van der Waals surface area contributed by atoms with Crippen LogP contribution >= 0.6 is 22.9 Å². The van der Waals surface area contributed by atoms with Crippen LogP contribution in [-0.2, 0) is 4.79 Å². The summed E-state index contributed by atoms with van der Waals surface area (Å²) in [5.74, 6) is 0.0552. The number of carbonyl (C=O) groups excluding carboxylic acids is 1. The number of unbranched alkanes of at least 4 members (excludes halogenated alkanes) is 11. The van der Waals surface area contributed by atoms with E-state index in [1.165, 1.54) is 82.0 Å². The average Bonchev–Trinajstić information content (AvgIpc) is 3.25. The van der Waals surface area contributed by atoms with Gasteiger partial charge in [-0.25, -0.2) is 4.98 Å². The summed E-state index contributed by atoms with van der Waals surface area (Å²) in [6.07, 6.45) is 21.7. The SMILES string of the molecule is CCCCCCCCC=CCCCCCCCC(=O)Nc1nc(-c2ccc(Cl)cc2)cs1. The first kappa shape index (κ1) is 26.6. The third-order valence-electron chi connectivity index (χ3n) is 5.56. The third kappa shape index (κ3) is 11.8. The number of hydrogen-bond acceptors (Lipinski definition) is 3. The van der Waals surface area contributed by atoms with Crippen LogP contribution in [0.4, 0.5) is 5.13 Å². The number of halogens is 1. The Kier molecular flexibility index (Phi) is 14.1. The molecular formula is C27H39ClN2OS. The number of rotatable bonds is 17. The molecule has 0 radical (unpaired) electrons. The lowest BCUT2D eigenvalue weighted by atomic mass is 10.1. The highest BCUT2D eigenvalue weighted by atomic mass is 35.5. The fourth-order valence-corrected chi connectivity index (χ4v) is 4.48. The van der Waals surface area contributed by atoms with Crippen molar-refractivity contribution in [2.75, 3.05) is 5.32 Å². The first-order valence-electron chi connectivity index (χ1n) is 12.4. The summed E-state index contributed by atoms with van der Waals surface area (Å²) in [5.41, 5.74) is 1.87. The number of nitrogens with zero attached hydrogens (tertiary/aromatic N) is 1. The third-order valence-corrected chi connectivity index (χ3v) is 6.57. The highest BCUT2D eigenvalue weighted by Gasteiger charge is 2.08. The van der Waals surface area contributed by atoms with Crippen LogP contribution in [0.25, 0.3) is 11.3 Å². The first-order valence-corrected chi connectivity index (χ1v) is 13.6. The molecule has 1 N–H and O–H groups in total. The summed E-state index contributed by atoms with van der Waals surface area (Å²) in [5, 5.41) is 6.25. The van der Waals surface area contributed by atoms with E-state index in [-0.39, 0.29) is 5.91 Å². The van der Waals surface area contributed by atoms with Gasteiger partial charge in [-0.3, -0.25) is 4.79 Å². The van der Waals surface area contributed by atoms with Crippen molar-refractivity contribution < 1.29 is 4.79 Å². The number of amides is 1. The van der Waals surface area contributed by atoms with Crippen LogP contribution in [0.1, 0.15) is 96.8 Å². The maximum absolute atomic E-state index is 12.2. The van der Waals surface area contributed by atoms with Gasteiger partial charge in [-0.1, -0.05) is 94.2 Å². The number of allylic oxidation sites excluding steroid dienone is 2. The zero-order chi connectivity index (χ0) is 22.9. The van der Waals surface area contributed by atoms with Crippen molar-refractivity contribution >= 4 is 34.0 Å². The van der Waals surface area contributed by atoms with Crippen LogP contribution in [0.2, 0.25) is 5.02 Å². The highest BCUT2D eigenvalue weighted by molar-refractivity contribution is 7.14. The lowest BCUT2D eigenvalue weighted by molar-refractivity contribution is -0.116. The molecule has 2 aromatic rings. The van der Waals surface area contributed by atoms with Gasteiger partial charge in [-0.15, -0.1) is 11.3 Å². The molecule has 1 aromatic heterocycles. The molecule has 0 spiro atoms. The predicted molar refractivity (Wildman–Crippen MR) is 141 cm³/mol. The van der Waals surface area contributed by atoms with Gasteiger partial charge in [0.1, 0.15) is 0 Å². The molecular weight excluding hydrogens is 436 g/mol. The van der Waals surface area contributed by atoms with Gasteiger partial charge in [0, 0.05) is 22.4 Å². The lowest BCUT2D eigenvalue weighted by Gasteiger charge is -2.02.